The molecule has 9 heteroatoms. The lowest BCUT2D eigenvalue weighted by Crippen LogP contribution is -2.17. The highest BCUT2D eigenvalue weighted by Gasteiger charge is 2.14. The zero-order valence-electron chi connectivity index (χ0n) is 16.6. The van der Waals surface area contributed by atoms with E-state index in [9.17, 15) is 9.59 Å². The van der Waals surface area contributed by atoms with E-state index >= 15 is 0 Å². The Balaban J connectivity index is 1.67. The van der Waals surface area contributed by atoms with Gasteiger partial charge in [-0.25, -0.2) is 10.2 Å². The normalized spacial score (nSPS) is 10.4. The van der Waals surface area contributed by atoms with Crippen LogP contribution in [-0.4, -0.2) is 25.2 Å². The van der Waals surface area contributed by atoms with Gasteiger partial charge < -0.3 is 9.47 Å². The molecule has 0 fully saturated rings. The molecule has 3 aromatic rings. The first-order chi connectivity index (χ1) is 15.4. The van der Waals surface area contributed by atoms with Crippen LogP contribution in [0.25, 0.3) is 0 Å². The third-order valence-corrected chi connectivity index (χ3v) is 4.94. The van der Waals surface area contributed by atoms with Gasteiger partial charge in [-0.2, -0.15) is 10.4 Å². The van der Waals surface area contributed by atoms with E-state index in [2.05, 4.69) is 10.5 Å². The molecular formula is C23H15Cl2N3O4. The van der Waals surface area contributed by atoms with Crippen LogP contribution in [0, 0.1) is 11.3 Å². The van der Waals surface area contributed by atoms with Crippen molar-refractivity contribution in [2.75, 3.05) is 7.11 Å². The molecule has 3 aromatic carbocycles. The molecule has 0 aliphatic carbocycles. The summed E-state index contributed by atoms with van der Waals surface area (Å²) < 4.78 is 10.7. The maximum Gasteiger partial charge on any atom is 0.343 e. The summed E-state index contributed by atoms with van der Waals surface area (Å²) in [7, 11) is 1.43. The Bertz CT molecular complexity index is 1230. The van der Waals surface area contributed by atoms with E-state index in [1.54, 1.807) is 24.3 Å². The van der Waals surface area contributed by atoms with Gasteiger partial charge in [-0.15, -0.1) is 0 Å². The fraction of sp³-hybridized carbons (Fsp3) is 0.0435. The summed E-state index contributed by atoms with van der Waals surface area (Å²) in [6.07, 6.45) is 1.41. The molecule has 32 heavy (non-hydrogen) atoms. The molecule has 0 spiro atoms. The van der Waals surface area contributed by atoms with Crippen LogP contribution in [0.5, 0.6) is 11.5 Å². The summed E-state index contributed by atoms with van der Waals surface area (Å²) in [5.41, 5.74) is 4.05. The summed E-state index contributed by atoms with van der Waals surface area (Å²) in [5, 5.41) is 13.3. The number of amides is 1. The first-order valence-corrected chi connectivity index (χ1v) is 9.85. The average Bonchev–Trinajstić information content (AvgIpc) is 2.81. The van der Waals surface area contributed by atoms with Crippen molar-refractivity contribution >= 4 is 41.3 Å². The van der Waals surface area contributed by atoms with E-state index < -0.39 is 11.9 Å². The van der Waals surface area contributed by atoms with Gasteiger partial charge >= 0.3 is 5.97 Å². The van der Waals surface area contributed by atoms with Crippen LogP contribution < -0.4 is 14.9 Å². The highest BCUT2D eigenvalue weighted by molar-refractivity contribution is 6.42. The molecule has 0 aliphatic rings. The van der Waals surface area contributed by atoms with Crippen molar-refractivity contribution in [1.29, 1.82) is 5.26 Å². The molecule has 0 saturated heterocycles. The number of esters is 1. The number of nitrogens with zero attached hydrogens (tertiary/aromatic N) is 2. The number of nitriles is 1. The second-order valence-corrected chi connectivity index (χ2v) is 7.13. The van der Waals surface area contributed by atoms with E-state index in [0.29, 0.717) is 27.5 Å². The van der Waals surface area contributed by atoms with E-state index in [0.717, 1.165) is 0 Å². The van der Waals surface area contributed by atoms with Gasteiger partial charge in [-0.3, -0.25) is 4.79 Å². The lowest BCUT2D eigenvalue weighted by molar-refractivity contribution is 0.0729. The monoisotopic (exact) mass is 467 g/mol. The van der Waals surface area contributed by atoms with Crippen molar-refractivity contribution in [3.05, 3.63) is 93.0 Å². The number of carbonyl (C=O) groups is 2. The number of hydrazone groups is 1. The topological polar surface area (TPSA) is 101 Å². The number of rotatable bonds is 6. The minimum atomic E-state index is -0.627. The molecule has 0 atom stereocenters. The molecule has 0 aromatic heterocycles. The number of carbonyl (C=O) groups excluding carboxylic acids is 2. The maximum absolute atomic E-state index is 12.4. The van der Waals surface area contributed by atoms with Gasteiger partial charge in [0.2, 0.25) is 0 Å². The van der Waals surface area contributed by atoms with Gasteiger partial charge in [0.1, 0.15) is 0 Å². The Morgan fingerprint density at radius 2 is 1.69 bits per heavy atom. The predicted molar refractivity (Wildman–Crippen MR) is 121 cm³/mol. The number of benzene rings is 3. The van der Waals surface area contributed by atoms with Crippen LogP contribution >= 0.6 is 23.2 Å². The number of ether oxygens (including phenoxy) is 2. The molecule has 0 heterocycles. The van der Waals surface area contributed by atoms with Crippen molar-refractivity contribution in [3.63, 3.8) is 0 Å². The zero-order valence-corrected chi connectivity index (χ0v) is 18.1. The van der Waals surface area contributed by atoms with E-state index in [-0.39, 0.29) is 16.3 Å². The quantitative estimate of drug-likeness (QED) is 0.241. The molecule has 1 amide bonds. The predicted octanol–water partition coefficient (Wildman–Crippen LogP) is 4.86. The molecule has 160 valence electrons. The van der Waals surface area contributed by atoms with Gasteiger partial charge in [0.15, 0.2) is 11.5 Å². The lowest BCUT2D eigenvalue weighted by atomic mass is 10.1. The molecular weight excluding hydrogens is 453 g/mol. The zero-order chi connectivity index (χ0) is 23.1. The number of hydrogen-bond donors (Lipinski definition) is 1. The summed E-state index contributed by atoms with van der Waals surface area (Å²) in [6, 6.07) is 17.3. The lowest BCUT2D eigenvalue weighted by Gasteiger charge is -2.10. The van der Waals surface area contributed by atoms with Gasteiger partial charge in [0.05, 0.1) is 40.6 Å². The highest BCUT2D eigenvalue weighted by atomic mass is 35.5. The standard InChI is InChI=1S/C23H15Cl2N3O4/c1-31-21-10-15(13-27-28-22(29)16-5-2-14(12-26)3-6-16)4-9-20(21)32-23(30)17-7-8-18(24)19(25)11-17/h2-11,13H,1H3,(H,28,29)/b27-13-. The summed E-state index contributed by atoms with van der Waals surface area (Å²) in [4.78, 5) is 24.5. The van der Waals surface area contributed by atoms with Crippen LogP contribution in [0.1, 0.15) is 31.8 Å². The fourth-order valence-corrected chi connectivity index (χ4v) is 2.85. The first kappa shape index (κ1) is 22.8. The minimum absolute atomic E-state index is 0.197. The second kappa shape index (κ2) is 10.4. The van der Waals surface area contributed by atoms with Crippen molar-refractivity contribution in [3.8, 4) is 17.6 Å². The largest absolute Gasteiger partial charge is 0.493 e. The van der Waals surface area contributed by atoms with Gasteiger partial charge in [0, 0.05) is 5.56 Å². The molecule has 0 aliphatic heterocycles. The highest BCUT2D eigenvalue weighted by Crippen LogP contribution is 2.29. The molecule has 3 rings (SSSR count). The molecule has 1 N–H and O–H groups in total. The second-order valence-electron chi connectivity index (χ2n) is 6.32. The Morgan fingerprint density at radius 1 is 0.969 bits per heavy atom. The number of nitrogens with one attached hydrogen (secondary N) is 1. The van der Waals surface area contributed by atoms with Crippen molar-refractivity contribution < 1.29 is 19.1 Å². The number of halogens is 2. The summed E-state index contributed by atoms with van der Waals surface area (Å²) in [6.45, 7) is 0. The third-order valence-electron chi connectivity index (χ3n) is 4.20. The Kier molecular flexibility index (Phi) is 7.45. The Labute approximate surface area is 193 Å². The molecule has 0 radical (unpaired) electrons. The van der Waals surface area contributed by atoms with Crippen LogP contribution in [0.4, 0.5) is 0 Å². The third kappa shape index (κ3) is 5.64. The Hall–Kier alpha value is -3.86. The molecule has 0 saturated carbocycles. The molecule has 0 unspecified atom stereocenters. The van der Waals surface area contributed by atoms with E-state index in [4.69, 9.17) is 37.9 Å². The summed E-state index contributed by atoms with van der Waals surface area (Å²) in [5.74, 6) is -0.564. The fourth-order valence-electron chi connectivity index (χ4n) is 2.56. The molecule has 7 nitrogen and oxygen atoms in total. The minimum Gasteiger partial charge on any atom is -0.493 e. The maximum atomic E-state index is 12.4. The van der Waals surface area contributed by atoms with Crippen LogP contribution in [-0.2, 0) is 0 Å². The van der Waals surface area contributed by atoms with Gasteiger partial charge in [-0.05, 0) is 66.2 Å². The molecule has 0 bridgehead atoms. The van der Waals surface area contributed by atoms with E-state index in [1.807, 2.05) is 6.07 Å². The van der Waals surface area contributed by atoms with Crippen LogP contribution in [0.15, 0.2) is 65.8 Å². The van der Waals surface area contributed by atoms with Crippen molar-refractivity contribution in [2.45, 2.75) is 0 Å². The van der Waals surface area contributed by atoms with Gasteiger partial charge in [-0.1, -0.05) is 23.2 Å². The van der Waals surface area contributed by atoms with Crippen molar-refractivity contribution in [1.82, 2.24) is 5.43 Å². The smallest absolute Gasteiger partial charge is 0.343 e. The summed E-state index contributed by atoms with van der Waals surface area (Å²) >= 11 is 11.8. The van der Waals surface area contributed by atoms with Gasteiger partial charge in [0.25, 0.3) is 5.91 Å². The van der Waals surface area contributed by atoms with Crippen LogP contribution in [0.3, 0.4) is 0 Å². The number of hydrogen-bond acceptors (Lipinski definition) is 6. The SMILES string of the molecule is COc1cc(/C=N\NC(=O)c2ccc(C#N)cc2)ccc1OC(=O)c1ccc(Cl)c(Cl)c1. The Morgan fingerprint density at radius 3 is 2.34 bits per heavy atom. The van der Waals surface area contributed by atoms with Crippen LogP contribution in [0.2, 0.25) is 10.0 Å². The van der Waals surface area contributed by atoms with Crippen molar-refractivity contribution in [2.24, 2.45) is 5.10 Å². The number of methoxy groups -OCH3 is 1. The average molecular weight is 468 g/mol. The van der Waals surface area contributed by atoms with E-state index in [1.165, 1.54) is 49.7 Å². The first-order valence-electron chi connectivity index (χ1n) is 9.10.